The number of nitrogens with zero attached hydrogens (tertiary/aromatic N) is 4. The smallest absolute Gasteiger partial charge is 0.222 e. The summed E-state index contributed by atoms with van der Waals surface area (Å²) in [6, 6.07) is 2.15. The van der Waals surface area contributed by atoms with Crippen molar-refractivity contribution in [1.29, 1.82) is 0 Å². The Kier molecular flexibility index (Phi) is 5.13. The molecule has 1 fully saturated rings. The van der Waals surface area contributed by atoms with E-state index in [9.17, 15) is 4.79 Å². The van der Waals surface area contributed by atoms with E-state index >= 15 is 0 Å². The number of carbonyl (C=O) groups is 1. The van der Waals surface area contributed by atoms with E-state index < -0.39 is 0 Å². The second kappa shape index (κ2) is 7.31. The Morgan fingerprint density at radius 1 is 1.48 bits per heavy atom. The summed E-state index contributed by atoms with van der Waals surface area (Å²) in [5.74, 6) is 1.06. The highest BCUT2D eigenvalue weighted by atomic mass is 16.1. The number of amides is 1. The predicted molar refractivity (Wildman–Crippen MR) is 96.2 cm³/mol. The number of hydrogen-bond acceptors (Lipinski definition) is 5. The van der Waals surface area contributed by atoms with Gasteiger partial charge in [-0.25, -0.2) is 0 Å². The Bertz CT molecular complexity index is 756. The molecule has 0 spiro atoms. The minimum atomic E-state index is -0.110. The van der Waals surface area contributed by atoms with Crippen molar-refractivity contribution < 1.29 is 4.79 Å². The van der Waals surface area contributed by atoms with E-state index in [4.69, 9.17) is 0 Å². The first kappa shape index (κ1) is 17.5. The molecule has 1 aliphatic rings. The van der Waals surface area contributed by atoms with Gasteiger partial charge in [0.25, 0.3) is 0 Å². The lowest BCUT2D eigenvalue weighted by molar-refractivity contribution is -0.114. The fourth-order valence-corrected chi connectivity index (χ4v) is 3.47. The molecule has 2 aromatic rings. The first-order valence-corrected chi connectivity index (χ1v) is 8.78. The van der Waals surface area contributed by atoms with Crippen molar-refractivity contribution in [3.8, 4) is 0 Å². The third-order valence-electron chi connectivity index (χ3n) is 4.87. The van der Waals surface area contributed by atoms with Crippen LogP contribution in [0.25, 0.3) is 0 Å². The summed E-state index contributed by atoms with van der Waals surface area (Å²) in [4.78, 5) is 22.7. The lowest BCUT2D eigenvalue weighted by atomic mass is 10.0. The zero-order chi connectivity index (χ0) is 18.0. The van der Waals surface area contributed by atoms with Crippen molar-refractivity contribution >= 4 is 11.7 Å². The molecule has 1 aliphatic heterocycles. The molecule has 134 valence electrons. The van der Waals surface area contributed by atoms with Gasteiger partial charge in [0.1, 0.15) is 0 Å². The summed E-state index contributed by atoms with van der Waals surface area (Å²) in [6.07, 6.45) is 3.99. The van der Waals surface area contributed by atoms with Crippen LogP contribution in [-0.2, 0) is 11.2 Å². The number of aromatic amines is 1. The molecule has 1 unspecified atom stereocenters. The van der Waals surface area contributed by atoms with Gasteiger partial charge in [-0.15, -0.1) is 0 Å². The maximum Gasteiger partial charge on any atom is 0.222 e. The number of rotatable bonds is 5. The minimum absolute atomic E-state index is 0.110. The number of aromatic nitrogens is 4. The third kappa shape index (κ3) is 4.22. The van der Waals surface area contributed by atoms with Crippen molar-refractivity contribution in [2.75, 3.05) is 18.4 Å². The van der Waals surface area contributed by atoms with Crippen LogP contribution in [0.15, 0.2) is 12.3 Å². The summed E-state index contributed by atoms with van der Waals surface area (Å²) < 4.78 is 0. The van der Waals surface area contributed by atoms with Crippen LogP contribution in [0.3, 0.4) is 0 Å². The molecule has 2 atom stereocenters. The van der Waals surface area contributed by atoms with E-state index in [0.717, 1.165) is 48.7 Å². The van der Waals surface area contributed by atoms with Gasteiger partial charge in [-0.05, 0) is 46.1 Å². The minimum Gasteiger partial charge on any atom is -0.309 e. The van der Waals surface area contributed by atoms with E-state index in [1.54, 1.807) is 0 Å². The van der Waals surface area contributed by atoms with Crippen LogP contribution in [0.5, 0.6) is 0 Å². The van der Waals surface area contributed by atoms with E-state index in [-0.39, 0.29) is 11.9 Å². The average molecular weight is 342 g/mol. The fourth-order valence-electron chi connectivity index (χ4n) is 3.47. The Hall–Kier alpha value is -2.28. The van der Waals surface area contributed by atoms with E-state index in [2.05, 4.69) is 37.3 Å². The summed E-state index contributed by atoms with van der Waals surface area (Å²) >= 11 is 0. The quantitative estimate of drug-likeness (QED) is 0.871. The zero-order valence-corrected chi connectivity index (χ0v) is 15.3. The Balaban J connectivity index is 1.60. The lowest BCUT2D eigenvalue weighted by Gasteiger charge is -2.23. The summed E-state index contributed by atoms with van der Waals surface area (Å²) in [5, 5.41) is 9.90. The van der Waals surface area contributed by atoms with Gasteiger partial charge in [-0.2, -0.15) is 5.10 Å². The van der Waals surface area contributed by atoms with Gasteiger partial charge < -0.3 is 5.32 Å². The Morgan fingerprint density at radius 2 is 2.28 bits per heavy atom. The lowest BCUT2D eigenvalue weighted by Crippen LogP contribution is -2.25. The second-order valence-corrected chi connectivity index (χ2v) is 6.96. The molecule has 25 heavy (non-hydrogen) atoms. The van der Waals surface area contributed by atoms with Crippen LogP contribution >= 0.6 is 0 Å². The molecule has 2 aromatic heterocycles. The van der Waals surface area contributed by atoms with Crippen LogP contribution < -0.4 is 5.32 Å². The topological polar surface area (TPSA) is 86.8 Å². The normalized spacial score (nSPS) is 19.1. The highest BCUT2D eigenvalue weighted by molar-refractivity contribution is 5.87. The molecule has 1 saturated heterocycles. The molecule has 7 nitrogen and oxygen atoms in total. The van der Waals surface area contributed by atoms with Crippen molar-refractivity contribution in [3.05, 3.63) is 35.0 Å². The molecular weight excluding hydrogens is 316 g/mol. The number of likely N-dealkylation sites (tertiary alicyclic amines) is 1. The molecule has 2 N–H and O–H groups in total. The van der Waals surface area contributed by atoms with Crippen LogP contribution in [0.4, 0.5) is 5.82 Å². The number of hydrogen-bond donors (Lipinski definition) is 2. The standard InChI is InChI=1S/C18H26N6O/c1-11-9-19-16(12(2)20-11)7-15-5-6-24(10-15)13(3)17-8-18(23-22-17)21-14(4)25/h8-9,13,15H,5-7,10H2,1-4H3,(H2,21,22,23,25)/t13-,15?/m0/s1. The van der Waals surface area contributed by atoms with Crippen LogP contribution in [-0.4, -0.2) is 44.1 Å². The van der Waals surface area contributed by atoms with Gasteiger partial charge in [0, 0.05) is 31.8 Å². The molecule has 3 heterocycles. The molecule has 1 amide bonds. The Morgan fingerprint density at radius 3 is 3.00 bits per heavy atom. The van der Waals surface area contributed by atoms with Gasteiger partial charge >= 0.3 is 0 Å². The van der Waals surface area contributed by atoms with Crippen molar-refractivity contribution in [1.82, 2.24) is 25.1 Å². The van der Waals surface area contributed by atoms with Crippen molar-refractivity contribution in [2.24, 2.45) is 5.92 Å². The predicted octanol–water partition coefficient (Wildman–Crippen LogP) is 2.40. The van der Waals surface area contributed by atoms with Gasteiger partial charge in [-0.1, -0.05) is 0 Å². The SMILES string of the molecule is CC(=O)Nc1cc([C@H](C)N2CCC(Cc3ncc(C)nc3C)C2)[nH]n1. The van der Waals surface area contributed by atoms with Gasteiger partial charge in [0.15, 0.2) is 5.82 Å². The van der Waals surface area contributed by atoms with Crippen LogP contribution in [0.2, 0.25) is 0 Å². The average Bonchev–Trinajstić information content (AvgIpc) is 3.18. The Labute approximate surface area is 148 Å². The number of anilines is 1. The van der Waals surface area contributed by atoms with Crippen molar-refractivity contribution in [3.63, 3.8) is 0 Å². The van der Waals surface area contributed by atoms with Gasteiger partial charge in [0.05, 0.1) is 22.8 Å². The zero-order valence-electron chi connectivity index (χ0n) is 15.3. The number of aryl methyl sites for hydroxylation is 2. The fraction of sp³-hybridized carbons (Fsp3) is 0.556. The number of nitrogens with one attached hydrogen (secondary N) is 2. The first-order valence-electron chi connectivity index (χ1n) is 8.78. The van der Waals surface area contributed by atoms with Crippen LogP contribution in [0.1, 0.15) is 49.1 Å². The van der Waals surface area contributed by atoms with Crippen molar-refractivity contribution in [2.45, 2.75) is 46.6 Å². The van der Waals surface area contributed by atoms with E-state index in [1.165, 1.54) is 6.92 Å². The molecule has 3 rings (SSSR count). The van der Waals surface area contributed by atoms with Gasteiger partial charge in [0.2, 0.25) is 5.91 Å². The summed E-state index contributed by atoms with van der Waals surface area (Å²) in [6.45, 7) is 9.76. The summed E-state index contributed by atoms with van der Waals surface area (Å²) in [5.41, 5.74) is 4.15. The third-order valence-corrected chi connectivity index (χ3v) is 4.87. The first-order chi connectivity index (χ1) is 11.9. The molecule has 0 bridgehead atoms. The molecule has 0 aliphatic carbocycles. The molecule has 0 aromatic carbocycles. The monoisotopic (exact) mass is 342 g/mol. The maximum atomic E-state index is 11.1. The highest BCUT2D eigenvalue weighted by Gasteiger charge is 2.28. The molecule has 7 heteroatoms. The van der Waals surface area contributed by atoms with E-state index in [1.807, 2.05) is 26.1 Å². The highest BCUT2D eigenvalue weighted by Crippen LogP contribution is 2.29. The van der Waals surface area contributed by atoms with E-state index in [0.29, 0.717) is 11.7 Å². The second-order valence-electron chi connectivity index (χ2n) is 6.96. The van der Waals surface area contributed by atoms with Crippen LogP contribution in [0, 0.1) is 19.8 Å². The molecule has 0 radical (unpaired) electrons. The molecular formula is C18H26N6O. The number of H-pyrrole nitrogens is 1. The van der Waals surface area contributed by atoms with Gasteiger partial charge in [-0.3, -0.25) is 24.8 Å². The molecule has 0 saturated carbocycles. The summed E-state index contributed by atoms with van der Waals surface area (Å²) in [7, 11) is 0. The largest absolute Gasteiger partial charge is 0.309 e. The maximum absolute atomic E-state index is 11.1. The number of carbonyl (C=O) groups excluding carboxylic acids is 1.